The number of fused-ring (bicyclic) bond motifs is 1. The zero-order valence-corrected chi connectivity index (χ0v) is 11.1. The van der Waals surface area contributed by atoms with Gasteiger partial charge in [0.15, 0.2) is 0 Å². The van der Waals surface area contributed by atoms with Crippen LogP contribution in [0.4, 0.5) is 5.69 Å². The molecule has 0 bridgehead atoms. The summed E-state index contributed by atoms with van der Waals surface area (Å²) in [4.78, 5) is 4.36. The highest BCUT2D eigenvalue weighted by Gasteiger charge is 2.28. The number of hydrogen-bond donors (Lipinski definition) is 2. The minimum atomic E-state index is 0.119. The molecule has 94 valence electrons. The third-order valence-corrected chi connectivity index (χ3v) is 3.75. The Bertz CT molecular complexity index is 576. The Morgan fingerprint density at radius 2 is 2.28 bits per heavy atom. The van der Waals surface area contributed by atoms with Crippen molar-refractivity contribution in [3.63, 3.8) is 0 Å². The molecule has 2 aromatic rings. The smallest absolute Gasteiger partial charge is 0.0737 e. The number of halogens is 1. The lowest BCUT2D eigenvalue weighted by Crippen LogP contribution is -2.36. The van der Waals surface area contributed by atoms with E-state index in [0.29, 0.717) is 0 Å². The van der Waals surface area contributed by atoms with E-state index in [2.05, 4.69) is 22.5 Å². The van der Waals surface area contributed by atoms with Crippen molar-refractivity contribution in [2.75, 3.05) is 18.4 Å². The molecule has 1 aliphatic rings. The SMILES string of the molecule is CC1(Nc2ccnc3cc(Cl)ccc23)CCNC1. The number of benzene rings is 1. The van der Waals surface area contributed by atoms with E-state index in [1.165, 1.54) is 0 Å². The van der Waals surface area contributed by atoms with Crippen LogP contribution in [0.1, 0.15) is 13.3 Å². The Balaban J connectivity index is 2.01. The number of pyridine rings is 1. The Hall–Kier alpha value is -1.32. The topological polar surface area (TPSA) is 37.0 Å². The second kappa shape index (κ2) is 4.41. The van der Waals surface area contributed by atoms with Crippen molar-refractivity contribution in [2.24, 2.45) is 0 Å². The molecule has 1 saturated heterocycles. The highest BCUT2D eigenvalue weighted by Crippen LogP contribution is 2.28. The molecule has 2 heterocycles. The van der Waals surface area contributed by atoms with Crippen LogP contribution in [0.25, 0.3) is 10.9 Å². The minimum Gasteiger partial charge on any atom is -0.378 e. The van der Waals surface area contributed by atoms with Gasteiger partial charge in [0.1, 0.15) is 0 Å². The van der Waals surface area contributed by atoms with E-state index < -0.39 is 0 Å². The summed E-state index contributed by atoms with van der Waals surface area (Å²) >= 11 is 6.00. The van der Waals surface area contributed by atoms with Crippen LogP contribution in [0.2, 0.25) is 5.02 Å². The lowest BCUT2D eigenvalue weighted by atomic mass is 10.0. The average molecular weight is 262 g/mol. The van der Waals surface area contributed by atoms with Gasteiger partial charge in [-0.25, -0.2) is 0 Å². The zero-order valence-electron chi connectivity index (χ0n) is 10.3. The quantitative estimate of drug-likeness (QED) is 0.873. The van der Waals surface area contributed by atoms with Crippen molar-refractivity contribution in [2.45, 2.75) is 18.9 Å². The molecule has 0 saturated carbocycles. The molecule has 1 aromatic heterocycles. The van der Waals surface area contributed by atoms with Crippen molar-refractivity contribution in [1.82, 2.24) is 10.3 Å². The summed E-state index contributed by atoms with van der Waals surface area (Å²) in [5.41, 5.74) is 2.18. The molecular weight excluding hydrogens is 246 g/mol. The van der Waals surface area contributed by atoms with Gasteiger partial charge in [0.05, 0.1) is 5.52 Å². The summed E-state index contributed by atoms with van der Waals surface area (Å²) < 4.78 is 0. The van der Waals surface area contributed by atoms with Crippen LogP contribution in [0.5, 0.6) is 0 Å². The molecule has 0 radical (unpaired) electrons. The fourth-order valence-corrected chi connectivity index (χ4v) is 2.65. The highest BCUT2D eigenvalue weighted by molar-refractivity contribution is 6.31. The van der Waals surface area contributed by atoms with Crippen LogP contribution in [0.3, 0.4) is 0 Å². The third kappa shape index (κ3) is 2.16. The van der Waals surface area contributed by atoms with Gasteiger partial charge in [0.2, 0.25) is 0 Å². The number of rotatable bonds is 2. The molecule has 4 heteroatoms. The second-order valence-electron chi connectivity index (χ2n) is 5.13. The monoisotopic (exact) mass is 261 g/mol. The predicted molar refractivity (Wildman–Crippen MR) is 76.3 cm³/mol. The van der Waals surface area contributed by atoms with E-state index in [0.717, 1.165) is 41.1 Å². The first-order valence-corrected chi connectivity index (χ1v) is 6.57. The molecule has 1 unspecified atom stereocenters. The summed E-state index contributed by atoms with van der Waals surface area (Å²) in [6, 6.07) is 7.86. The zero-order chi connectivity index (χ0) is 12.6. The number of nitrogens with zero attached hydrogens (tertiary/aromatic N) is 1. The molecular formula is C14H16ClN3. The predicted octanol–water partition coefficient (Wildman–Crippen LogP) is 3.05. The number of hydrogen-bond acceptors (Lipinski definition) is 3. The molecule has 3 nitrogen and oxygen atoms in total. The lowest BCUT2D eigenvalue weighted by molar-refractivity contribution is 0.568. The van der Waals surface area contributed by atoms with Crippen LogP contribution >= 0.6 is 11.6 Å². The molecule has 0 amide bonds. The van der Waals surface area contributed by atoms with Gasteiger partial charge in [-0.05, 0) is 44.2 Å². The van der Waals surface area contributed by atoms with Crippen molar-refractivity contribution >= 4 is 28.2 Å². The van der Waals surface area contributed by atoms with Gasteiger partial charge in [0, 0.05) is 34.4 Å². The Morgan fingerprint density at radius 1 is 1.39 bits per heavy atom. The first-order valence-electron chi connectivity index (χ1n) is 6.20. The van der Waals surface area contributed by atoms with Crippen LogP contribution in [-0.4, -0.2) is 23.6 Å². The summed E-state index contributed by atoms with van der Waals surface area (Å²) in [7, 11) is 0. The maximum atomic E-state index is 6.00. The van der Waals surface area contributed by atoms with Crippen molar-refractivity contribution in [3.8, 4) is 0 Å². The van der Waals surface area contributed by atoms with Gasteiger partial charge in [-0.3, -0.25) is 4.98 Å². The van der Waals surface area contributed by atoms with Crippen molar-refractivity contribution in [1.29, 1.82) is 0 Å². The third-order valence-electron chi connectivity index (χ3n) is 3.51. The summed E-state index contributed by atoms with van der Waals surface area (Å²) in [6.07, 6.45) is 2.96. The van der Waals surface area contributed by atoms with Gasteiger partial charge < -0.3 is 10.6 Å². The van der Waals surface area contributed by atoms with Gasteiger partial charge >= 0.3 is 0 Å². The molecule has 2 N–H and O–H groups in total. The highest BCUT2D eigenvalue weighted by atomic mass is 35.5. The molecule has 18 heavy (non-hydrogen) atoms. The summed E-state index contributed by atoms with van der Waals surface area (Å²) in [5, 5.41) is 8.87. The minimum absolute atomic E-state index is 0.119. The Kier molecular flexibility index (Phi) is 2.88. The summed E-state index contributed by atoms with van der Waals surface area (Å²) in [6.45, 7) is 4.30. The van der Waals surface area contributed by atoms with E-state index in [1.807, 2.05) is 30.5 Å². The molecule has 1 aromatic carbocycles. The van der Waals surface area contributed by atoms with E-state index in [1.54, 1.807) is 0 Å². The molecule has 1 fully saturated rings. The van der Waals surface area contributed by atoms with E-state index in [-0.39, 0.29) is 5.54 Å². The van der Waals surface area contributed by atoms with Crippen LogP contribution in [0.15, 0.2) is 30.5 Å². The van der Waals surface area contributed by atoms with Crippen molar-refractivity contribution < 1.29 is 0 Å². The lowest BCUT2D eigenvalue weighted by Gasteiger charge is -2.26. The molecule has 0 aliphatic carbocycles. The Morgan fingerprint density at radius 3 is 3.06 bits per heavy atom. The molecule has 0 spiro atoms. The number of anilines is 1. The number of nitrogens with one attached hydrogen (secondary N) is 2. The van der Waals surface area contributed by atoms with Gasteiger partial charge in [-0.2, -0.15) is 0 Å². The van der Waals surface area contributed by atoms with Gasteiger partial charge in [0.25, 0.3) is 0 Å². The normalized spacial score (nSPS) is 23.4. The van der Waals surface area contributed by atoms with Gasteiger partial charge in [-0.15, -0.1) is 0 Å². The van der Waals surface area contributed by atoms with E-state index >= 15 is 0 Å². The fourth-order valence-electron chi connectivity index (χ4n) is 2.48. The molecule has 1 atom stereocenters. The van der Waals surface area contributed by atoms with Crippen LogP contribution in [-0.2, 0) is 0 Å². The fraction of sp³-hybridized carbons (Fsp3) is 0.357. The summed E-state index contributed by atoms with van der Waals surface area (Å²) in [5.74, 6) is 0. The number of aromatic nitrogens is 1. The maximum absolute atomic E-state index is 6.00. The van der Waals surface area contributed by atoms with Crippen LogP contribution in [0, 0.1) is 0 Å². The first-order chi connectivity index (χ1) is 8.66. The molecule has 3 rings (SSSR count). The second-order valence-corrected chi connectivity index (χ2v) is 5.57. The van der Waals surface area contributed by atoms with E-state index in [4.69, 9.17) is 11.6 Å². The first kappa shape index (κ1) is 11.8. The maximum Gasteiger partial charge on any atom is 0.0737 e. The van der Waals surface area contributed by atoms with Crippen molar-refractivity contribution in [3.05, 3.63) is 35.5 Å². The van der Waals surface area contributed by atoms with Crippen LogP contribution < -0.4 is 10.6 Å². The average Bonchev–Trinajstić information content (AvgIpc) is 2.76. The Labute approximate surface area is 112 Å². The largest absolute Gasteiger partial charge is 0.378 e. The van der Waals surface area contributed by atoms with Gasteiger partial charge in [-0.1, -0.05) is 11.6 Å². The standard InChI is InChI=1S/C14H16ClN3/c1-14(5-7-16-9-14)18-12-4-6-17-13-8-10(15)2-3-11(12)13/h2-4,6,8,16H,5,7,9H2,1H3,(H,17,18). The van der Waals surface area contributed by atoms with E-state index in [9.17, 15) is 0 Å². The molecule has 1 aliphatic heterocycles.